The Morgan fingerprint density at radius 1 is 0.557 bits per heavy atom. The molecule has 0 aromatic heterocycles. The molecule has 542 valence electrons. The van der Waals surface area contributed by atoms with Gasteiger partial charge in [-0.25, -0.2) is 9.59 Å². The second-order valence-electron chi connectivity index (χ2n) is 22.2. The number of carboxylic acid groups (broad SMARTS) is 1. The standard InChI is InChI=1S/C57H89N15O22S3/c1-57(2,3)94-56(88)72-93-29-45(76)60-14-8-7-12-36-50(82)70-40-31-96-97-32-41(71-52(84)38(25-47(78)79)66-43(74)26-64-48(80)35(67-53(40)85)13-9-15-63-55(59)87)54(86)68-37(24-34-10-5-4-6-11-34)51(83)69-39(30-95-33-46(77)65-36)49(81)62-17-19-90-21-23-91-22-20-89-18-16-61-44(75)28-92-27-42(58)73/h4-6,10-11,35-41H,7-9,12-33H2,1-3H3,(H2,58,73)(H,60,76)(H,61,75)(H,62,81)(H,64,80)(H,65,77)(H,66,74)(H,67,85)(H,68,86)(H,69,83)(H,70,82)(H,71,84)(H,72,88)(H,78,79)(H3,59,63,87)/t35-,36-,37-,38-,39-,40-,41-/m0/s1. The lowest BCUT2D eigenvalue weighted by atomic mass is 10.0. The van der Waals surface area contributed by atoms with E-state index < -0.39 is 169 Å². The Balaban J connectivity index is 1.97. The fourth-order valence-corrected chi connectivity index (χ4v) is 11.5. The Labute approximate surface area is 570 Å². The van der Waals surface area contributed by atoms with Crippen molar-refractivity contribution in [1.29, 1.82) is 0 Å². The number of fused-ring (bicyclic) bond motifs is 5. The molecule has 97 heavy (non-hydrogen) atoms. The molecule has 0 aliphatic carbocycles. The number of carboxylic acids is 1. The normalized spacial score (nSPS) is 20.5. The predicted octanol–water partition coefficient (Wildman–Crippen LogP) is -5.67. The first-order valence-electron chi connectivity index (χ1n) is 30.7. The van der Waals surface area contributed by atoms with E-state index in [-0.39, 0.29) is 128 Å². The zero-order chi connectivity index (χ0) is 71.5. The molecule has 1 aromatic carbocycles. The molecule has 18 N–H and O–H groups in total. The number of amides is 15. The van der Waals surface area contributed by atoms with Gasteiger partial charge < -0.3 is 104 Å². The average molecular weight is 1430 g/mol. The van der Waals surface area contributed by atoms with E-state index in [2.05, 4.69) is 63.8 Å². The summed E-state index contributed by atoms with van der Waals surface area (Å²) in [7, 11) is 1.76. The van der Waals surface area contributed by atoms with E-state index in [1.165, 1.54) is 0 Å². The number of hydrogen-bond donors (Lipinski definition) is 16. The second kappa shape index (κ2) is 46.8. The highest BCUT2D eigenvalue weighted by Crippen LogP contribution is 2.24. The fraction of sp³-hybridized carbons (Fsp3) is 0.632. The van der Waals surface area contributed by atoms with E-state index in [0.717, 1.165) is 33.3 Å². The van der Waals surface area contributed by atoms with Gasteiger partial charge in [-0.1, -0.05) is 51.9 Å². The van der Waals surface area contributed by atoms with Crippen molar-refractivity contribution >= 4 is 122 Å². The van der Waals surface area contributed by atoms with Gasteiger partial charge in [-0.3, -0.25) is 67.2 Å². The van der Waals surface area contributed by atoms with Gasteiger partial charge in [0.15, 0.2) is 6.61 Å². The molecule has 15 amide bonds. The zero-order valence-electron chi connectivity index (χ0n) is 54.0. The monoisotopic (exact) mass is 1430 g/mol. The second-order valence-corrected chi connectivity index (χ2v) is 25.8. The number of benzene rings is 1. The maximum atomic E-state index is 14.6. The van der Waals surface area contributed by atoms with Crippen LogP contribution in [0.2, 0.25) is 0 Å². The molecule has 2 aliphatic heterocycles. The maximum Gasteiger partial charge on any atom is 0.431 e. The maximum absolute atomic E-state index is 14.6. The number of carbonyl (C=O) groups excluding carboxylic acids is 14. The van der Waals surface area contributed by atoms with Gasteiger partial charge in [-0.05, 0) is 58.4 Å². The molecule has 3 rings (SSSR count). The van der Waals surface area contributed by atoms with Crippen molar-refractivity contribution < 1.29 is 106 Å². The largest absolute Gasteiger partial charge is 0.481 e. The van der Waals surface area contributed by atoms with Gasteiger partial charge in [0.05, 0.1) is 58.4 Å². The van der Waals surface area contributed by atoms with Crippen LogP contribution in [0.1, 0.15) is 64.9 Å². The predicted molar refractivity (Wildman–Crippen MR) is 349 cm³/mol. The molecule has 0 saturated carbocycles. The Kier molecular flexibility index (Phi) is 40.0. The van der Waals surface area contributed by atoms with Gasteiger partial charge in [-0.2, -0.15) is 5.48 Å². The molecule has 2 saturated heterocycles. The summed E-state index contributed by atoms with van der Waals surface area (Å²) < 4.78 is 26.4. The molecule has 0 radical (unpaired) electrons. The molecular weight excluding hydrogens is 1340 g/mol. The minimum absolute atomic E-state index is 0.0244. The third kappa shape index (κ3) is 38.3. The van der Waals surface area contributed by atoms with E-state index in [1.807, 2.05) is 5.48 Å². The van der Waals surface area contributed by atoms with Crippen LogP contribution in [-0.2, 0) is 97.3 Å². The lowest BCUT2D eigenvalue weighted by Gasteiger charge is -2.27. The number of hydroxylamine groups is 1. The van der Waals surface area contributed by atoms with Crippen molar-refractivity contribution in [3.8, 4) is 0 Å². The molecule has 2 fully saturated rings. The van der Waals surface area contributed by atoms with Crippen molar-refractivity contribution in [2.45, 2.75) is 114 Å². The molecule has 0 spiro atoms. The van der Waals surface area contributed by atoms with Crippen molar-refractivity contribution in [2.24, 2.45) is 11.5 Å². The molecule has 2 heterocycles. The van der Waals surface area contributed by atoms with Crippen LogP contribution >= 0.6 is 33.3 Å². The van der Waals surface area contributed by atoms with Gasteiger partial charge in [-0.15, -0.1) is 11.8 Å². The summed E-state index contributed by atoms with van der Waals surface area (Å²) in [5.41, 5.74) is 11.9. The molecule has 40 heteroatoms. The van der Waals surface area contributed by atoms with Crippen molar-refractivity contribution in [2.75, 3.05) is 115 Å². The Bertz CT molecular complexity index is 2790. The van der Waals surface area contributed by atoms with Crippen LogP contribution in [-0.4, -0.2) is 257 Å². The lowest BCUT2D eigenvalue weighted by Crippen LogP contribution is -2.60. The number of aliphatic carboxylic acids is 1. The van der Waals surface area contributed by atoms with Gasteiger partial charge in [0, 0.05) is 49.9 Å². The first-order valence-corrected chi connectivity index (χ1v) is 34.3. The summed E-state index contributed by atoms with van der Waals surface area (Å²) in [4.78, 5) is 203. The molecule has 7 atom stereocenters. The quantitative estimate of drug-likeness (QED) is 0.0177. The third-order valence-corrected chi connectivity index (χ3v) is 16.4. The van der Waals surface area contributed by atoms with Crippen LogP contribution in [0.5, 0.6) is 0 Å². The fourth-order valence-electron chi connectivity index (χ4n) is 8.36. The van der Waals surface area contributed by atoms with Gasteiger partial charge in [0.1, 0.15) is 61.1 Å². The summed E-state index contributed by atoms with van der Waals surface area (Å²) >= 11 is 0.865. The Hall–Kier alpha value is -8.28. The number of primary amides is 2. The number of thioether (sulfide) groups is 1. The van der Waals surface area contributed by atoms with E-state index in [9.17, 15) is 77.0 Å². The SMILES string of the molecule is CC(C)(C)OC(=O)NOCC(=O)NCCCC[C@@H]1NC(=O)CSC[C@@H](C(=O)NCCOCCOCCOCCNC(=O)COCC(N)=O)NC(=O)[C@H](Cc2ccccc2)NC(=O)[C@@H]2CSSC[C@H](NC1=O)C(=O)N[C@@H](CCCNC(N)=O)C(=O)NCC(=O)N[C@@H](CC(=O)O)C(=O)N2. The summed E-state index contributed by atoms with van der Waals surface area (Å²) in [6.45, 7) is 3.42. The summed E-state index contributed by atoms with van der Waals surface area (Å²) in [6, 6.07) is -3.37. The van der Waals surface area contributed by atoms with Crippen LogP contribution < -0.4 is 80.7 Å². The van der Waals surface area contributed by atoms with Crippen LogP contribution in [0.25, 0.3) is 0 Å². The summed E-state index contributed by atoms with van der Waals surface area (Å²) in [6.07, 6.45) is -2.05. The highest BCUT2D eigenvalue weighted by Gasteiger charge is 2.35. The van der Waals surface area contributed by atoms with Crippen molar-refractivity contribution in [3.05, 3.63) is 35.9 Å². The van der Waals surface area contributed by atoms with E-state index >= 15 is 0 Å². The van der Waals surface area contributed by atoms with Crippen LogP contribution in [0, 0.1) is 0 Å². The molecule has 0 unspecified atom stereocenters. The molecule has 2 bridgehead atoms. The lowest BCUT2D eigenvalue weighted by molar-refractivity contribution is -0.141. The molecule has 37 nitrogen and oxygen atoms in total. The third-order valence-electron chi connectivity index (χ3n) is 12.9. The summed E-state index contributed by atoms with van der Waals surface area (Å²) in [5, 5.41) is 40.2. The highest BCUT2D eigenvalue weighted by atomic mass is 33.1. The zero-order valence-corrected chi connectivity index (χ0v) is 56.5. The number of rotatable bonds is 33. The van der Waals surface area contributed by atoms with Crippen molar-refractivity contribution in [3.63, 3.8) is 0 Å². The molecule has 1 aromatic rings. The number of unbranched alkanes of at least 4 members (excludes halogenated alkanes) is 1. The molecule has 2 aliphatic rings. The first-order chi connectivity index (χ1) is 46.2. The Morgan fingerprint density at radius 3 is 1.72 bits per heavy atom. The number of carbonyl (C=O) groups is 15. The van der Waals surface area contributed by atoms with Gasteiger partial charge in [0.2, 0.25) is 70.9 Å². The summed E-state index contributed by atoms with van der Waals surface area (Å²) in [5.74, 6) is -13.3. The minimum Gasteiger partial charge on any atom is -0.481 e. The average Bonchev–Trinajstić information content (AvgIpc) is 1.44. The van der Waals surface area contributed by atoms with Crippen molar-refractivity contribution in [1.82, 2.24) is 69.3 Å². The number of ether oxygens (including phenoxy) is 5. The number of urea groups is 1. The number of nitrogens with one attached hydrogen (secondary N) is 13. The topological polar surface area (TPSA) is 540 Å². The number of hydrogen-bond acceptors (Lipinski definition) is 24. The van der Waals surface area contributed by atoms with Crippen LogP contribution in [0.15, 0.2) is 30.3 Å². The minimum atomic E-state index is -1.85. The van der Waals surface area contributed by atoms with E-state index in [1.54, 1.807) is 51.1 Å². The first kappa shape index (κ1) is 82.9. The smallest absolute Gasteiger partial charge is 0.431 e. The van der Waals surface area contributed by atoms with E-state index in [0.29, 0.717) is 5.56 Å². The Morgan fingerprint density at radius 2 is 1.10 bits per heavy atom. The number of nitrogens with two attached hydrogens (primary N) is 2. The van der Waals surface area contributed by atoms with Gasteiger partial charge >= 0.3 is 18.1 Å². The van der Waals surface area contributed by atoms with Crippen LogP contribution in [0.3, 0.4) is 0 Å². The molecular formula is C57H89N15O22S3. The van der Waals surface area contributed by atoms with E-state index in [4.69, 9.17) is 40.0 Å². The highest BCUT2D eigenvalue weighted by molar-refractivity contribution is 8.76. The van der Waals surface area contributed by atoms with Crippen LogP contribution in [0.4, 0.5) is 9.59 Å². The van der Waals surface area contributed by atoms with Gasteiger partial charge in [0.25, 0.3) is 0 Å².